The Balaban J connectivity index is 1.02. The van der Waals surface area contributed by atoms with Gasteiger partial charge in [-0.05, 0) is 65.7 Å². The second kappa shape index (κ2) is 12.3. The number of furan rings is 2. The lowest BCUT2D eigenvalue weighted by molar-refractivity contribution is 0.668. The van der Waals surface area contributed by atoms with E-state index in [2.05, 4.69) is 120 Å². The molecule has 0 N–H and O–H groups in total. The van der Waals surface area contributed by atoms with Crippen LogP contribution >= 0.6 is 0 Å². The summed E-state index contributed by atoms with van der Waals surface area (Å²) in [4.78, 5) is 15.3. The van der Waals surface area contributed by atoms with E-state index in [0.29, 0.717) is 17.5 Å². The molecule has 4 aromatic heterocycles. The van der Waals surface area contributed by atoms with Crippen molar-refractivity contribution >= 4 is 65.7 Å². The van der Waals surface area contributed by atoms with Crippen molar-refractivity contribution in [2.75, 3.05) is 0 Å². The fourth-order valence-corrected chi connectivity index (χ4v) is 8.41. The summed E-state index contributed by atoms with van der Waals surface area (Å²) in [6.07, 6.45) is 0. The molecular formula is C51H30N4O2. The molecule has 0 unspecified atom stereocenters. The van der Waals surface area contributed by atoms with Crippen molar-refractivity contribution in [3.05, 3.63) is 182 Å². The molecule has 12 rings (SSSR count). The van der Waals surface area contributed by atoms with Gasteiger partial charge in [0.25, 0.3) is 0 Å². The summed E-state index contributed by atoms with van der Waals surface area (Å²) in [5.74, 6) is 1.72. The van der Waals surface area contributed by atoms with Gasteiger partial charge in [0.05, 0.1) is 11.0 Å². The van der Waals surface area contributed by atoms with Crippen molar-refractivity contribution < 1.29 is 8.83 Å². The van der Waals surface area contributed by atoms with E-state index in [1.54, 1.807) is 0 Å². The number of aromatic nitrogens is 4. The van der Waals surface area contributed by atoms with Crippen LogP contribution in [-0.2, 0) is 0 Å². The molecule has 6 heteroatoms. The second-order valence-electron chi connectivity index (χ2n) is 14.4. The summed E-state index contributed by atoms with van der Waals surface area (Å²) in [7, 11) is 0. The zero-order valence-corrected chi connectivity index (χ0v) is 30.4. The summed E-state index contributed by atoms with van der Waals surface area (Å²) in [6.45, 7) is 0. The number of hydrogen-bond donors (Lipinski definition) is 0. The molecule has 0 aliphatic rings. The number of fused-ring (bicyclic) bond motifs is 9. The smallest absolute Gasteiger partial charge is 0.164 e. The maximum atomic E-state index is 6.66. The van der Waals surface area contributed by atoms with Crippen molar-refractivity contribution in [1.82, 2.24) is 19.5 Å². The number of rotatable bonds is 5. The lowest BCUT2D eigenvalue weighted by Crippen LogP contribution is -2.00. The third kappa shape index (κ3) is 5.01. The van der Waals surface area contributed by atoms with Gasteiger partial charge in [-0.1, -0.05) is 121 Å². The van der Waals surface area contributed by atoms with Crippen LogP contribution in [0.5, 0.6) is 0 Å². The SMILES string of the molecule is c1ccc(-c2ccc3c(c2)c2ccccc2n3-c2ccc3c(c2)oc2cccc(-c4nc(-c5ccccc5)nc(-c5ccc6c(c5)oc5ccccc56)n4)c23)cc1. The quantitative estimate of drug-likeness (QED) is 0.176. The zero-order valence-electron chi connectivity index (χ0n) is 30.4. The predicted octanol–water partition coefficient (Wildman–Crippen LogP) is 13.4. The van der Waals surface area contributed by atoms with Crippen LogP contribution in [0, 0.1) is 0 Å². The first-order chi connectivity index (χ1) is 28.2. The summed E-state index contributed by atoms with van der Waals surface area (Å²) in [5.41, 5.74) is 11.5. The zero-order chi connectivity index (χ0) is 37.5. The first-order valence-electron chi connectivity index (χ1n) is 19.0. The molecule has 0 saturated heterocycles. The molecular weight excluding hydrogens is 701 g/mol. The Labute approximate surface area is 325 Å². The Morgan fingerprint density at radius 2 is 0.947 bits per heavy atom. The average molecular weight is 731 g/mol. The van der Waals surface area contributed by atoms with Crippen molar-refractivity contribution in [3.63, 3.8) is 0 Å². The fraction of sp³-hybridized carbons (Fsp3) is 0. The highest BCUT2D eigenvalue weighted by Crippen LogP contribution is 2.40. The molecule has 12 aromatic rings. The van der Waals surface area contributed by atoms with E-state index >= 15 is 0 Å². The molecule has 8 aromatic carbocycles. The topological polar surface area (TPSA) is 69.9 Å². The fourth-order valence-electron chi connectivity index (χ4n) is 8.41. The molecule has 0 atom stereocenters. The van der Waals surface area contributed by atoms with Crippen LogP contribution in [-0.4, -0.2) is 19.5 Å². The Morgan fingerprint density at radius 1 is 0.333 bits per heavy atom. The highest BCUT2D eigenvalue weighted by molar-refractivity contribution is 6.14. The molecule has 0 aliphatic heterocycles. The Bertz CT molecular complexity index is 3530. The van der Waals surface area contributed by atoms with Crippen LogP contribution in [0.25, 0.3) is 117 Å². The van der Waals surface area contributed by atoms with E-state index in [1.165, 1.54) is 21.9 Å². The van der Waals surface area contributed by atoms with Crippen LogP contribution in [0.2, 0.25) is 0 Å². The maximum Gasteiger partial charge on any atom is 0.164 e. The van der Waals surface area contributed by atoms with Crippen LogP contribution in [0.1, 0.15) is 0 Å². The molecule has 57 heavy (non-hydrogen) atoms. The lowest BCUT2D eigenvalue weighted by Gasteiger charge is -2.10. The molecule has 0 amide bonds. The maximum absolute atomic E-state index is 6.66. The van der Waals surface area contributed by atoms with Gasteiger partial charge in [0.2, 0.25) is 0 Å². The number of hydrogen-bond acceptors (Lipinski definition) is 5. The molecule has 0 fully saturated rings. The van der Waals surface area contributed by atoms with Crippen molar-refractivity contribution in [1.29, 1.82) is 0 Å². The van der Waals surface area contributed by atoms with Gasteiger partial charge in [-0.25, -0.2) is 15.0 Å². The number of benzene rings is 8. The molecule has 0 radical (unpaired) electrons. The standard InChI is InChI=1S/C51H30N4O2/c1-3-12-31(13-4-1)33-23-27-43-41(28-33)36-16-7-9-19-42(36)55(43)35-24-26-39-47(30-35)57-45-21-11-18-40(48(39)45)51-53-49(32-14-5-2-6-15-32)52-50(54-51)34-22-25-38-37-17-8-10-20-44(37)56-46(38)29-34/h1-30H. The Morgan fingerprint density at radius 3 is 1.81 bits per heavy atom. The summed E-state index contributed by atoms with van der Waals surface area (Å²) < 4.78 is 15.3. The van der Waals surface area contributed by atoms with Crippen molar-refractivity contribution in [3.8, 4) is 51.0 Å². The molecule has 6 nitrogen and oxygen atoms in total. The van der Waals surface area contributed by atoms with Gasteiger partial charge >= 0.3 is 0 Å². The van der Waals surface area contributed by atoms with Gasteiger partial charge in [-0.2, -0.15) is 0 Å². The van der Waals surface area contributed by atoms with Gasteiger partial charge in [-0.15, -0.1) is 0 Å². The minimum Gasteiger partial charge on any atom is -0.456 e. The van der Waals surface area contributed by atoms with Crippen molar-refractivity contribution in [2.24, 2.45) is 0 Å². The number of para-hydroxylation sites is 2. The third-order valence-electron chi connectivity index (χ3n) is 11.1. The first-order valence-corrected chi connectivity index (χ1v) is 19.0. The lowest BCUT2D eigenvalue weighted by atomic mass is 10.0. The molecule has 0 saturated carbocycles. The molecule has 0 bridgehead atoms. The van der Waals surface area contributed by atoms with Crippen LogP contribution in [0.4, 0.5) is 0 Å². The van der Waals surface area contributed by atoms with E-state index in [1.807, 2.05) is 66.7 Å². The van der Waals surface area contributed by atoms with Crippen molar-refractivity contribution in [2.45, 2.75) is 0 Å². The largest absolute Gasteiger partial charge is 0.456 e. The van der Waals surface area contributed by atoms with Gasteiger partial charge < -0.3 is 13.4 Å². The summed E-state index contributed by atoms with van der Waals surface area (Å²) >= 11 is 0. The average Bonchev–Trinajstić information content (AvgIpc) is 3.95. The van der Waals surface area contributed by atoms with E-state index in [4.69, 9.17) is 23.8 Å². The van der Waals surface area contributed by atoms with Crippen LogP contribution in [0.3, 0.4) is 0 Å². The van der Waals surface area contributed by atoms with Gasteiger partial charge in [0.1, 0.15) is 22.3 Å². The minimum atomic E-state index is 0.565. The molecule has 4 heterocycles. The Kier molecular flexibility index (Phi) is 6.83. The summed E-state index contributed by atoms with van der Waals surface area (Å²) in [6, 6.07) is 62.8. The van der Waals surface area contributed by atoms with E-state index in [9.17, 15) is 0 Å². The second-order valence-corrected chi connectivity index (χ2v) is 14.4. The molecule has 0 spiro atoms. The van der Waals surface area contributed by atoms with E-state index in [0.717, 1.165) is 77.3 Å². The van der Waals surface area contributed by atoms with Gasteiger partial charge in [0.15, 0.2) is 17.5 Å². The molecule has 266 valence electrons. The highest BCUT2D eigenvalue weighted by Gasteiger charge is 2.20. The number of nitrogens with zero attached hydrogens (tertiary/aromatic N) is 4. The first kappa shape index (κ1) is 31.5. The van der Waals surface area contributed by atoms with Gasteiger partial charge in [0, 0.05) is 60.8 Å². The van der Waals surface area contributed by atoms with Gasteiger partial charge in [-0.3, -0.25) is 0 Å². The third-order valence-corrected chi connectivity index (χ3v) is 11.1. The normalized spacial score (nSPS) is 11.9. The highest BCUT2D eigenvalue weighted by atomic mass is 16.3. The van der Waals surface area contributed by atoms with E-state index in [-0.39, 0.29) is 0 Å². The molecule has 0 aliphatic carbocycles. The van der Waals surface area contributed by atoms with Crippen LogP contribution in [0.15, 0.2) is 191 Å². The monoisotopic (exact) mass is 730 g/mol. The van der Waals surface area contributed by atoms with E-state index < -0.39 is 0 Å². The Hall–Kier alpha value is -7.83. The minimum absolute atomic E-state index is 0.565. The summed E-state index contributed by atoms with van der Waals surface area (Å²) in [5, 5.41) is 6.49. The van der Waals surface area contributed by atoms with Crippen LogP contribution < -0.4 is 0 Å². The predicted molar refractivity (Wildman–Crippen MR) is 230 cm³/mol.